The summed E-state index contributed by atoms with van der Waals surface area (Å²) >= 11 is 0.895. The zero-order valence-electron chi connectivity index (χ0n) is 9.52. The Morgan fingerprint density at radius 1 is 1.61 bits per heavy atom. The molecule has 18 heavy (non-hydrogen) atoms. The van der Waals surface area contributed by atoms with E-state index in [0.29, 0.717) is 0 Å². The highest BCUT2D eigenvalue weighted by Crippen LogP contribution is 2.50. The van der Waals surface area contributed by atoms with Gasteiger partial charge in [0, 0.05) is 17.5 Å². The van der Waals surface area contributed by atoms with Crippen LogP contribution in [0.3, 0.4) is 0 Å². The molecule has 0 bridgehead atoms. The van der Waals surface area contributed by atoms with Gasteiger partial charge in [-0.05, 0) is 6.92 Å². The zero-order chi connectivity index (χ0) is 13.5. The van der Waals surface area contributed by atoms with E-state index in [0.717, 1.165) is 22.5 Å². The first-order valence-corrected chi connectivity index (χ1v) is 6.35. The summed E-state index contributed by atoms with van der Waals surface area (Å²) in [4.78, 5) is 24.7. The predicted octanol–water partition coefficient (Wildman–Crippen LogP) is 0.334. The van der Waals surface area contributed by atoms with Crippen molar-refractivity contribution in [2.24, 2.45) is 5.92 Å². The van der Waals surface area contributed by atoms with Gasteiger partial charge in [0.05, 0.1) is 12.5 Å². The minimum absolute atomic E-state index is 0.0682. The van der Waals surface area contributed by atoms with Crippen LogP contribution in [-0.2, 0) is 0 Å². The molecule has 2 rings (SSSR count). The highest BCUT2D eigenvalue weighted by molar-refractivity contribution is 7.99. The third-order valence-electron chi connectivity index (χ3n) is 2.95. The lowest BCUT2D eigenvalue weighted by molar-refractivity contribution is -0.0747. The molecule has 0 radical (unpaired) electrons. The molecule has 0 aromatic carbocycles. The number of aromatic nitrogens is 2. The molecular formula is C10H12F2N2O3S. The average Bonchev–Trinajstić information content (AvgIpc) is 2.58. The van der Waals surface area contributed by atoms with E-state index in [9.17, 15) is 18.4 Å². The van der Waals surface area contributed by atoms with Gasteiger partial charge in [-0.25, -0.2) is 13.6 Å². The zero-order valence-corrected chi connectivity index (χ0v) is 10.3. The van der Waals surface area contributed by atoms with Crippen molar-refractivity contribution in [3.63, 3.8) is 0 Å². The number of alkyl halides is 2. The number of thioether (sulfide) groups is 1. The molecule has 0 spiro atoms. The molecule has 0 unspecified atom stereocenters. The van der Waals surface area contributed by atoms with Crippen LogP contribution in [0.25, 0.3) is 0 Å². The second-order valence-corrected chi connectivity index (χ2v) is 5.33. The van der Waals surface area contributed by atoms with Crippen LogP contribution < -0.4 is 11.2 Å². The van der Waals surface area contributed by atoms with Gasteiger partial charge in [0.15, 0.2) is 0 Å². The van der Waals surface area contributed by atoms with Gasteiger partial charge in [-0.2, -0.15) is 0 Å². The van der Waals surface area contributed by atoms with E-state index in [-0.39, 0.29) is 11.3 Å². The first-order valence-electron chi connectivity index (χ1n) is 5.30. The van der Waals surface area contributed by atoms with Crippen molar-refractivity contribution in [1.29, 1.82) is 0 Å². The third-order valence-corrected chi connectivity index (χ3v) is 4.40. The number of aliphatic hydroxyl groups is 1. The lowest BCUT2D eigenvalue weighted by atomic mass is 10.1. The predicted molar refractivity (Wildman–Crippen MR) is 63.1 cm³/mol. The monoisotopic (exact) mass is 278 g/mol. The Hall–Kier alpha value is -1.15. The number of aromatic amines is 1. The number of nitrogens with zero attached hydrogens (tertiary/aromatic N) is 1. The molecule has 1 aromatic rings. The summed E-state index contributed by atoms with van der Waals surface area (Å²) in [5, 5.41) is 7.50. The van der Waals surface area contributed by atoms with E-state index in [1.807, 2.05) is 4.98 Å². The van der Waals surface area contributed by atoms with E-state index in [2.05, 4.69) is 0 Å². The maximum absolute atomic E-state index is 13.9. The molecule has 5 nitrogen and oxygen atoms in total. The van der Waals surface area contributed by atoms with Crippen LogP contribution in [0.4, 0.5) is 8.78 Å². The molecule has 100 valence electrons. The average molecular weight is 278 g/mol. The van der Waals surface area contributed by atoms with Crippen molar-refractivity contribution < 1.29 is 13.9 Å². The Balaban J connectivity index is 2.48. The molecule has 1 fully saturated rings. The highest BCUT2D eigenvalue weighted by atomic mass is 32.2. The molecule has 8 heteroatoms. The van der Waals surface area contributed by atoms with Gasteiger partial charge >= 0.3 is 5.69 Å². The Morgan fingerprint density at radius 3 is 2.83 bits per heavy atom. The van der Waals surface area contributed by atoms with Crippen LogP contribution in [0, 0.1) is 12.8 Å². The number of aliphatic hydroxyl groups excluding tert-OH is 1. The Bertz CT molecular complexity index is 569. The van der Waals surface area contributed by atoms with Crippen LogP contribution in [0.1, 0.15) is 10.9 Å². The number of halogens is 2. The van der Waals surface area contributed by atoms with Gasteiger partial charge in [0.1, 0.15) is 5.37 Å². The minimum Gasteiger partial charge on any atom is -0.396 e. The van der Waals surface area contributed by atoms with Crippen molar-refractivity contribution in [3.05, 3.63) is 32.6 Å². The lowest BCUT2D eigenvalue weighted by Crippen LogP contribution is -2.40. The normalized spacial score (nSPS) is 26.4. The van der Waals surface area contributed by atoms with Crippen LogP contribution in [0.15, 0.2) is 15.8 Å². The summed E-state index contributed by atoms with van der Waals surface area (Å²) in [6.07, 6.45) is 1.13. The molecule has 1 aliphatic rings. The number of hydrogen-bond donors (Lipinski definition) is 2. The Labute approximate surface area is 105 Å². The van der Waals surface area contributed by atoms with E-state index in [1.54, 1.807) is 0 Å². The van der Waals surface area contributed by atoms with Crippen molar-refractivity contribution >= 4 is 11.8 Å². The molecule has 1 aliphatic heterocycles. The van der Waals surface area contributed by atoms with E-state index in [4.69, 9.17) is 5.11 Å². The summed E-state index contributed by atoms with van der Waals surface area (Å²) in [6.45, 7) is 0.809. The molecule has 0 aliphatic carbocycles. The van der Waals surface area contributed by atoms with Crippen molar-refractivity contribution in [2.45, 2.75) is 18.2 Å². The van der Waals surface area contributed by atoms with Gasteiger partial charge in [0.25, 0.3) is 11.5 Å². The smallest absolute Gasteiger partial charge is 0.329 e. The van der Waals surface area contributed by atoms with Crippen LogP contribution in [-0.4, -0.2) is 32.9 Å². The fraction of sp³-hybridized carbons (Fsp3) is 0.600. The maximum Gasteiger partial charge on any atom is 0.329 e. The van der Waals surface area contributed by atoms with Crippen LogP contribution >= 0.6 is 11.8 Å². The quantitative estimate of drug-likeness (QED) is 0.817. The molecule has 2 atom stereocenters. The fourth-order valence-electron chi connectivity index (χ4n) is 1.83. The first kappa shape index (κ1) is 13.3. The van der Waals surface area contributed by atoms with E-state index < -0.39 is 35.1 Å². The fourth-order valence-corrected chi connectivity index (χ4v) is 3.31. The van der Waals surface area contributed by atoms with Gasteiger partial charge in [-0.15, -0.1) is 11.8 Å². The molecule has 2 heterocycles. The van der Waals surface area contributed by atoms with Gasteiger partial charge in [-0.3, -0.25) is 14.3 Å². The Kier molecular flexibility index (Phi) is 3.33. The van der Waals surface area contributed by atoms with E-state index in [1.165, 1.54) is 6.92 Å². The van der Waals surface area contributed by atoms with Crippen molar-refractivity contribution in [1.82, 2.24) is 9.55 Å². The van der Waals surface area contributed by atoms with Gasteiger partial charge in [0.2, 0.25) is 0 Å². The highest BCUT2D eigenvalue weighted by Gasteiger charge is 2.53. The molecule has 0 saturated carbocycles. The SMILES string of the molecule is Cc1cn([C@@H]2SC[C@H](CO)C2(F)F)c(=O)[nH]c1=O. The summed E-state index contributed by atoms with van der Waals surface area (Å²) in [5.74, 6) is -4.29. The topological polar surface area (TPSA) is 75.1 Å². The number of H-pyrrole nitrogens is 1. The molecule has 2 N–H and O–H groups in total. The van der Waals surface area contributed by atoms with Gasteiger partial charge in [-0.1, -0.05) is 0 Å². The standard InChI is InChI=1S/C10H12F2N2O3S/c1-5-2-14(9(17)13-7(5)16)8-10(11,12)6(3-15)4-18-8/h2,6,8,15H,3-4H2,1H3,(H,13,16,17)/t6-,8+/m0/s1. The summed E-state index contributed by atoms with van der Waals surface area (Å²) in [7, 11) is 0. The van der Waals surface area contributed by atoms with Gasteiger partial charge < -0.3 is 5.11 Å². The molecule has 0 amide bonds. The lowest BCUT2D eigenvalue weighted by Gasteiger charge is -2.23. The number of nitrogens with one attached hydrogen (secondary N) is 1. The number of hydrogen-bond acceptors (Lipinski definition) is 4. The van der Waals surface area contributed by atoms with Crippen molar-refractivity contribution in [3.8, 4) is 0 Å². The summed E-state index contributed by atoms with van der Waals surface area (Å²) in [6, 6.07) is 0. The third kappa shape index (κ3) is 1.99. The van der Waals surface area contributed by atoms with Crippen molar-refractivity contribution in [2.75, 3.05) is 12.4 Å². The molecular weight excluding hydrogens is 266 g/mol. The maximum atomic E-state index is 13.9. The largest absolute Gasteiger partial charge is 0.396 e. The number of rotatable bonds is 2. The number of aryl methyl sites for hydroxylation is 1. The van der Waals surface area contributed by atoms with Crippen LogP contribution in [0.2, 0.25) is 0 Å². The second-order valence-electron chi connectivity index (χ2n) is 4.22. The summed E-state index contributed by atoms with van der Waals surface area (Å²) < 4.78 is 28.7. The molecule has 1 saturated heterocycles. The first-order chi connectivity index (χ1) is 8.37. The second kappa shape index (κ2) is 4.51. The Morgan fingerprint density at radius 2 is 2.28 bits per heavy atom. The molecule has 1 aromatic heterocycles. The summed E-state index contributed by atoms with van der Waals surface area (Å²) in [5.41, 5.74) is -1.25. The van der Waals surface area contributed by atoms with E-state index >= 15 is 0 Å². The van der Waals surface area contributed by atoms with Crippen LogP contribution in [0.5, 0.6) is 0 Å². The minimum atomic E-state index is -3.19.